The molecular formula is C24H25N7O3S2. The number of sulfonamides is 1. The molecule has 1 saturated heterocycles. The monoisotopic (exact) mass is 523 g/mol. The minimum absolute atomic E-state index is 0.0270. The first-order valence-corrected chi connectivity index (χ1v) is 13.9. The van der Waals surface area contributed by atoms with E-state index in [-0.39, 0.29) is 10.8 Å². The molecule has 1 atom stereocenters. The number of nitriles is 1. The van der Waals surface area contributed by atoms with Crippen molar-refractivity contribution in [2.45, 2.75) is 23.9 Å². The van der Waals surface area contributed by atoms with Gasteiger partial charge in [0.05, 0.1) is 10.4 Å². The lowest BCUT2D eigenvalue weighted by atomic mass is 10.1. The van der Waals surface area contributed by atoms with Gasteiger partial charge in [-0.05, 0) is 36.8 Å². The van der Waals surface area contributed by atoms with Crippen LogP contribution in [0.2, 0.25) is 0 Å². The molecular weight excluding hydrogens is 498 g/mol. The summed E-state index contributed by atoms with van der Waals surface area (Å²) in [5, 5.41) is 18.2. The molecule has 1 aliphatic heterocycles. The first-order chi connectivity index (χ1) is 17.4. The topological polar surface area (TPSA) is 130 Å². The minimum Gasteiger partial charge on any atom is -0.345 e. The van der Waals surface area contributed by atoms with Gasteiger partial charge in [0.2, 0.25) is 15.9 Å². The molecule has 1 amide bonds. The molecule has 4 heterocycles. The van der Waals surface area contributed by atoms with Crippen molar-refractivity contribution in [3.8, 4) is 6.07 Å². The zero-order valence-corrected chi connectivity index (χ0v) is 21.0. The number of carbonyl (C=O) groups is 1. The standard InChI is InChI=1S/C24H25N7O3S2/c25-17-18-3-2-9-28(18)10-7-21(23(32)29-12-14-30(15-13-29)24-27-8-16-35-24)31-11-6-19-20(31)4-1-5-22(19)36(26,33)34/h1-6,8-9,11,16,21H,7,10,12-15H2,(H2,26,33,34). The number of rotatable bonds is 7. The number of nitrogens with two attached hydrogens (primary N) is 1. The summed E-state index contributed by atoms with van der Waals surface area (Å²) in [6.07, 6.45) is 5.77. The Labute approximate surface area is 212 Å². The number of fused-ring (bicyclic) bond motifs is 1. The molecule has 186 valence electrons. The van der Waals surface area contributed by atoms with E-state index in [9.17, 15) is 18.5 Å². The first kappa shape index (κ1) is 24.1. The lowest BCUT2D eigenvalue weighted by Crippen LogP contribution is -2.50. The fourth-order valence-electron chi connectivity index (χ4n) is 4.73. The quantitative estimate of drug-likeness (QED) is 0.396. The van der Waals surface area contributed by atoms with Crippen LogP contribution in [0.15, 0.2) is 65.3 Å². The highest BCUT2D eigenvalue weighted by atomic mass is 32.2. The Morgan fingerprint density at radius 1 is 1.14 bits per heavy atom. The second-order valence-corrected chi connectivity index (χ2v) is 11.0. The fraction of sp³-hybridized carbons (Fsp3) is 0.292. The average molecular weight is 524 g/mol. The molecule has 1 aliphatic rings. The van der Waals surface area contributed by atoms with Gasteiger partial charge in [-0.25, -0.2) is 18.5 Å². The van der Waals surface area contributed by atoms with Crippen LogP contribution in [0.5, 0.6) is 0 Å². The molecule has 0 spiro atoms. The molecule has 0 saturated carbocycles. The van der Waals surface area contributed by atoms with E-state index in [1.54, 1.807) is 54.1 Å². The lowest BCUT2D eigenvalue weighted by Gasteiger charge is -2.36. The predicted octanol–water partition coefficient (Wildman–Crippen LogP) is 2.40. The maximum absolute atomic E-state index is 13.9. The summed E-state index contributed by atoms with van der Waals surface area (Å²) >= 11 is 1.58. The van der Waals surface area contributed by atoms with Crippen LogP contribution < -0.4 is 10.0 Å². The second-order valence-electron chi connectivity index (χ2n) is 8.59. The van der Waals surface area contributed by atoms with Gasteiger partial charge in [-0.15, -0.1) is 11.3 Å². The van der Waals surface area contributed by atoms with E-state index < -0.39 is 16.1 Å². The summed E-state index contributed by atoms with van der Waals surface area (Å²) in [7, 11) is -3.93. The maximum atomic E-state index is 13.9. The van der Waals surface area contributed by atoms with E-state index in [1.165, 1.54) is 6.07 Å². The summed E-state index contributed by atoms with van der Waals surface area (Å²) in [4.78, 5) is 22.3. The van der Waals surface area contributed by atoms with Crippen molar-refractivity contribution in [2.75, 3.05) is 31.1 Å². The molecule has 1 fully saturated rings. The van der Waals surface area contributed by atoms with Crippen molar-refractivity contribution in [1.29, 1.82) is 5.26 Å². The summed E-state index contributed by atoms with van der Waals surface area (Å²) in [6, 6.07) is 11.7. The van der Waals surface area contributed by atoms with Crippen LogP contribution in [0, 0.1) is 11.3 Å². The third-order valence-corrected chi connectivity index (χ3v) is 8.32. The minimum atomic E-state index is -3.93. The second kappa shape index (κ2) is 9.77. The largest absolute Gasteiger partial charge is 0.345 e. The molecule has 0 radical (unpaired) electrons. The highest BCUT2D eigenvalue weighted by Crippen LogP contribution is 2.29. The molecule has 36 heavy (non-hydrogen) atoms. The predicted molar refractivity (Wildman–Crippen MR) is 137 cm³/mol. The van der Waals surface area contributed by atoms with Gasteiger partial charge in [-0.2, -0.15) is 5.26 Å². The molecule has 3 aromatic heterocycles. The van der Waals surface area contributed by atoms with Gasteiger partial charge in [-0.1, -0.05) is 6.07 Å². The number of carbonyl (C=O) groups excluding carboxylic acids is 1. The highest BCUT2D eigenvalue weighted by Gasteiger charge is 2.30. The Balaban J connectivity index is 1.45. The summed E-state index contributed by atoms with van der Waals surface area (Å²) in [5.41, 5.74) is 1.14. The number of benzene rings is 1. The zero-order chi connectivity index (χ0) is 25.3. The molecule has 10 nitrogen and oxygen atoms in total. The summed E-state index contributed by atoms with van der Waals surface area (Å²) in [5.74, 6) is -0.0436. The number of nitrogens with zero attached hydrogens (tertiary/aromatic N) is 6. The fourth-order valence-corrected chi connectivity index (χ4v) is 6.18. The van der Waals surface area contributed by atoms with Crippen LogP contribution in [0.4, 0.5) is 5.13 Å². The Morgan fingerprint density at radius 3 is 2.64 bits per heavy atom. The van der Waals surface area contributed by atoms with Gasteiger partial charge < -0.3 is 18.9 Å². The smallest absolute Gasteiger partial charge is 0.245 e. The van der Waals surface area contributed by atoms with Gasteiger partial charge in [0.25, 0.3) is 0 Å². The van der Waals surface area contributed by atoms with E-state index in [0.29, 0.717) is 55.7 Å². The number of hydrogen-bond donors (Lipinski definition) is 1. The summed E-state index contributed by atoms with van der Waals surface area (Å²) in [6.45, 7) is 2.95. The van der Waals surface area contributed by atoms with Crippen molar-refractivity contribution < 1.29 is 13.2 Å². The SMILES string of the molecule is N#Cc1cccn1CCC(C(=O)N1CCN(c2nccs2)CC1)n1ccc2c(S(N)(=O)=O)cccc21. The van der Waals surface area contributed by atoms with E-state index in [2.05, 4.69) is 16.0 Å². The molecule has 1 aromatic carbocycles. The average Bonchev–Trinajstić information content (AvgIpc) is 3.64. The van der Waals surface area contributed by atoms with Gasteiger partial charge in [-0.3, -0.25) is 4.79 Å². The van der Waals surface area contributed by atoms with Crippen LogP contribution >= 0.6 is 11.3 Å². The number of anilines is 1. The van der Waals surface area contributed by atoms with Crippen molar-refractivity contribution in [3.05, 3.63) is 66.1 Å². The van der Waals surface area contributed by atoms with Crippen LogP contribution in [-0.4, -0.2) is 59.5 Å². The normalized spacial score (nSPS) is 15.2. The van der Waals surface area contributed by atoms with Gasteiger partial charge >= 0.3 is 0 Å². The molecule has 0 aliphatic carbocycles. The Kier molecular flexibility index (Phi) is 6.53. The van der Waals surface area contributed by atoms with E-state index in [4.69, 9.17) is 5.14 Å². The van der Waals surface area contributed by atoms with E-state index in [1.807, 2.05) is 25.6 Å². The van der Waals surface area contributed by atoms with E-state index >= 15 is 0 Å². The van der Waals surface area contributed by atoms with Gasteiger partial charge in [0.15, 0.2) is 5.13 Å². The maximum Gasteiger partial charge on any atom is 0.245 e. The third kappa shape index (κ3) is 4.60. The zero-order valence-electron chi connectivity index (χ0n) is 19.4. The molecule has 1 unspecified atom stereocenters. The molecule has 0 bridgehead atoms. The third-order valence-electron chi connectivity index (χ3n) is 6.52. The lowest BCUT2D eigenvalue weighted by molar-refractivity contribution is -0.135. The van der Waals surface area contributed by atoms with Crippen molar-refractivity contribution in [2.24, 2.45) is 5.14 Å². The number of thiazole rings is 1. The van der Waals surface area contributed by atoms with Crippen molar-refractivity contribution in [1.82, 2.24) is 19.0 Å². The van der Waals surface area contributed by atoms with Crippen LogP contribution in [-0.2, 0) is 21.4 Å². The molecule has 5 rings (SSSR count). The van der Waals surface area contributed by atoms with Crippen molar-refractivity contribution in [3.63, 3.8) is 0 Å². The highest BCUT2D eigenvalue weighted by molar-refractivity contribution is 7.89. The molecule has 4 aromatic rings. The van der Waals surface area contributed by atoms with Crippen LogP contribution in [0.1, 0.15) is 18.2 Å². The van der Waals surface area contributed by atoms with Gasteiger partial charge in [0.1, 0.15) is 17.8 Å². The first-order valence-electron chi connectivity index (χ1n) is 11.5. The molecule has 2 N–H and O–H groups in total. The Hall–Kier alpha value is -3.66. The Bertz CT molecular complexity index is 1530. The number of aromatic nitrogens is 3. The van der Waals surface area contributed by atoms with Crippen molar-refractivity contribution >= 4 is 43.3 Å². The molecule has 12 heteroatoms. The number of primary sulfonamides is 1. The number of hydrogen-bond acceptors (Lipinski definition) is 7. The number of aryl methyl sites for hydroxylation is 1. The van der Waals surface area contributed by atoms with Crippen LogP contribution in [0.25, 0.3) is 10.9 Å². The Morgan fingerprint density at radius 2 is 1.94 bits per heavy atom. The number of piperazine rings is 1. The van der Waals surface area contributed by atoms with Gasteiger partial charge in [0, 0.05) is 62.1 Å². The van der Waals surface area contributed by atoms with E-state index in [0.717, 1.165) is 5.13 Å². The van der Waals surface area contributed by atoms with Crippen LogP contribution in [0.3, 0.4) is 0 Å². The number of amides is 1. The summed E-state index contributed by atoms with van der Waals surface area (Å²) < 4.78 is 27.9.